The quantitative estimate of drug-likeness (QED) is 0.760. The van der Waals surface area contributed by atoms with Crippen LogP contribution in [0.2, 0.25) is 0 Å². The van der Waals surface area contributed by atoms with Gasteiger partial charge in [0.25, 0.3) is 5.91 Å². The fourth-order valence-corrected chi connectivity index (χ4v) is 4.84. The van der Waals surface area contributed by atoms with E-state index in [1.807, 2.05) is 6.07 Å². The van der Waals surface area contributed by atoms with Crippen LogP contribution in [-0.2, 0) is 14.8 Å². The van der Waals surface area contributed by atoms with Gasteiger partial charge in [0.2, 0.25) is 10.0 Å². The van der Waals surface area contributed by atoms with E-state index in [4.69, 9.17) is 10.00 Å². The minimum Gasteiger partial charge on any atom is -0.481 e. The molecule has 30 heavy (non-hydrogen) atoms. The number of ether oxygens (including phenoxy) is 1. The number of benzene rings is 2. The van der Waals surface area contributed by atoms with Gasteiger partial charge < -0.3 is 10.1 Å². The van der Waals surface area contributed by atoms with E-state index in [1.54, 1.807) is 49.4 Å². The largest absolute Gasteiger partial charge is 0.481 e. The van der Waals surface area contributed by atoms with Crippen molar-refractivity contribution in [1.82, 2.24) is 4.31 Å². The molecule has 0 bridgehead atoms. The predicted molar refractivity (Wildman–Crippen MR) is 114 cm³/mol. The minimum absolute atomic E-state index is 0.169. The first kappa shape index (κ1) is 21.8. The zero-order chi connectivity index (χ0) is 21.6. The molecule has 1 heterocycles. The van der Waals surface area contributed by atoms with Gasteiger partial charge in [-0.15, -0.1) is 0 Å². The second-order valence-electron chi connectivity index (χ2n) is 7.23. The number of anilines is 1. The molecule has 0 aliphatic carbocycles. The van der Waals surface area contributed by atoms with Crippen LogP contribution in [0.15, 0.2) is 53.4 Å². The van der Waals surface area contributed by atoms with Gasteiger partial charge in [-0.05, 0) is 62.2 Å². The summed E-state index contributed by atoms with van der Waals surface area (Å²) in [6.45, 7) is 2.65. The molecular formula is C22H25N3O4S. The van der Waals surface area contributed by atoms with E-state index in [1.165, 1.54) is 10.4 Å². The summed E-state index contributed by atoms with van der Waals surface area (Å²) in [6, 6.07) is 14.8. The summed E-state index contributed by atoms with van der Waals surface area (Å²) in [5.41, 5.74) is 0.896. The Morgan fingerprint density at radius 1 is 1.10 bits per heavy atom. The standard InChI is InChI=1S/C22H25N3O4S/c1-17(29-20-11-9-18(16-23)10-12-20)22(26)24-19-7-6-8-21(15-19)30(27,28)25-13-4-2-3-5-14-25/h6-12,15,17H,2-5,13-14H2,1H3,(H,24,26)/t17-/m0/s1. The second kappa shape index (κ2) is 9.74. The number of carbonyl (C=O) groups is 1. The lowest BCUT2D eigenvalue weighted by Gasteiger charge is -2.20. The van der Waals surface area contributed by atoms with Crippen molar-refractivity contribution in [3.8, 4) is 11.8 Å². The molecule has 1 aliphatic rings. The van der Waals surface area contributed by atoms with Crippen LogP contribution in [0.25, 0.3) is 0 Å². The molecular weight excluding hydrogens is 402 g/mol. The zero-order valence-electron chi connectivity index (χ0n) is 16.9. The average Bonchev–Trinajstić information content (AvgIpc) is 3.04. The average molecular weight is 428 g/mol. The summed E-state index contributed by atoms with van der Waals surface area (Å²) in [4.78, 5) is 12.7. The van der Waals surface area contributed by atoms with Crippen molar-refractivity contribution in [3.05, 3.63) is 54.1 Å². The Balaban J connectivity index is 1.67. The summed E-state index contributed by atoms with van der Waals surface area (Å²) in [5, 5.41) is 11.6. The van der Waals surface area contributed by atoms with E-state index in [-0.39, 0.29) is 4.90 Å². The molecule has 1 fully saturated rings. The molecule has 0 radical (unpaired) electrons. The molecule has 8 heteroatoms. The Bertz CT molecular complexity index is 1020. The summed E-state index contributed by atoms with van der Waals surface area (Å²) in [7, 11) is -3.59. The maximum absolute atomic E-state index is 13.0. The van der Waals surface area contributed by atoms with Crippen LogP contribution in [-0.4, -0.2) is 37.8 Å². The lowest BCUT2D eigenvalue weighted by Crippen LogP contribution is -2.32. The van der Waals surface area contributed by atoms with Crippen molar-refractivity contribution in [2.45, 2.75) is 43.6 Å². The molecule has 1 aliphatic heterocycles. The Morgan fingerprint density at radius 2 is 1.77 bits per heavy atom. The number of carbonyl (C=O) groups excluding carboxylic acids is 1. The number of rotatable bonds is 6. The molecule has 1 N–H and O–H groups in total. The Hall–Kier alpha value is -2.89. The third kappa shape index (κ3) is 5.38. The molecule has 1 amide bonds. The lowest BCUT2D eigenvalue weighted by atomic mass is 10.2. The molecule has 7 nitrogen and oxygen atoms in total. The highest BCUT2D eigenvalue weighted by Gasteiger charge is 2.25. The van der Waals surface area contributed by atoms with Gasteiger partial charge in [-0.1, -0.05) is 18.9 Å². The topological polar surface area (TPSA) is 99.5 Å². The van der Waals surface area contributed by atoms with Crippen LogP contribution in [0.1, 0.15) is 38.2 Å². The fraction of sp³-hybridized carbons (Fsp3) is 0.364. The van der Waals surface area contributed by atoms with E-state index < -0.39 is 22.0 Å². The zero-order valence-corrected chi connectivity index (χ0v) is 17.7. The van der Waals surface area contributed by atoms with Crippen LogP contribution in [0.4, 0.5) is 5.69 Å². The highest BCUT2D eigenvalue weighted by atomic mass is 32.2. The van der Waals surface area contributed by atoms with E-state index >= 15 is 0 Å². The first-order valence-corrected chi connectivity index (χ1v) is 11.4. The van der Waals surface area contributed by atoms with Crippen LogP contribution >= 0.6 is 0 Å². The van der Waals surface area contributed by atoms with Crippen molar-refractivity contribution in [1.29, 1.82) is 5.26 Å². The fourth-order valence-electron chi connectivity index (χ4n) is 3.27. The molecule has 2 aromatic carbocycles. The monoisotopic (exact) mass is 427 g/mol. The van der Waals surface area contributed by atoms with Crippen LogP contribution < -0.4 is 10.1 Å². The molecule has 1 atom stereocenters. The molecule has 0 saturated carbocycles. The lowest BCUT2D eigenvalue weighted by molar-refractivity contribution is -0.122. The van der Waals surface area contributed by atoms with Gasteiger partial charge in [-0.25, -0.2) is 8.42 Å². The maximum Gasteiger partial charge on any atom is 0.265 e. The van der Waals surface area contributed by atoms with Gasteiger partial charge in [0.15, 0.2) is 6.10 Å². The van der Waals surface area contributed by atoms with Gasteiger partial charge >= 0.3 is 0 Å². The van der Waals surface area contributed by atoms with E-state index in [9.17, 15) is 13.2 Å². The number of sulfonamides is 1. The Labute approximate surface area is 177 Å². The van der Waals surface area contributed by atoms with Gasteiger partial charge in [-0.2, -0.15) is 9.57 Å². The molecule has 0 spiro atoms. The van der Waals surface area contributed by atoms with Crippen LogP contribution in [0.5, 0.6) is 5.75 Å². The predicted octanol–water partition coefficient (Wildman–Crippen LogP) is 3.53. The summed E-state index contributed by atoms with van der Waals surface area (Å²) in [5.74, 6) is 0.0674. The summed E-state index contributed by atoms with van der Waals surface area (Å²) >= 11 is 0. The molecule has 158 valence electrons. The van der Waals surface area contributed by atoms with Crippen molar-refractivity contribution in [3.63, 3.8) is 0 Å². The van der Waals surface area contributed by atoms with Gasteiger partial charge in [-0.3, -0.25) is 4.79 Å². The van der Waals surface area contributed by atoms with Crippen molar-refractivity contribution in [2.75, 3.05) is 18.4 Å². The van der Waals surface area contributed by atoms with E-state index in [0.29, 0.717) is 30.1 Å². The first-order chi connectivity index (χ1) is 14.4. The van der Waals surface area contributed by atoms with Crippen molar-refractivity contribution in [2.24, 2.45) is 0 Å². The van der Waals surface area contributed by atoms with Crippen LogP contribution in [0, 0.1) is 11.3 Å². The second-order valence-corrected chi connectivity index (χ2v) is 9.17. The number of nitrogens with one attached hydrogen (secondary N) is 1. The SMILES string of the molecule is C[C@H](Oc1ccc(C#N)cc1)C(=O)Nc1cccc(S(=O)(=O)N2CCCCCC2)c1. The normalized spacial score (nSPS) is 16.1. The number of hydrogen-bond acceptors (Lipinski definition) is 5. The molecule has 0 unspecified atom stereocenters. The van der Waals surface area contributed by atoms with Crippen LogP contribution in [0.3, 0.4) is 0 Å². The highest BCUT2D eigenvalue weighted by molar-refractivity contribution is 7.89. The van der Waals surface area contributed by atoms with Gasteiger partial charge in [0.05, 0.1) is 16.5 Å². The third-order valence-electron chi connectivity index (χ3n) is 4.97. The van der Waals surface area contributed by atoms with E-state index in [0.717, 1.165) is 25.7 Å². The number of nitriles is 1. The Kier molecular flexibility index (Phi) is 7.08. The number of hydrogen-bond donors (Lipinski definition) is 1. The van der Waals surface area contributed by atoms with Crippen molar-refractivity contribution >= 4 is 21.6 Å². The summed E-state index contributed by atoms with van der Waals surface area (Å²) < 4.78 is 33.1. The number of amides is 1. The maximum atomic E-state index is 13.0. The number of nitrogens with zero attached hydrogens (tertiary/aromatic N) is 2. The Morgan fingerprint density at radius 3 is 2.40 bits per heavy atom. The third-order valence-corrected chi connectivity index (χ3v) is 6.86. The van der Waals surface area contributed by atoms with Gasteiger partial charge in [0.1, 0.15) is 5.75 Å². The van der Waals surface area contributed by atoms with Gasteiger partial charge in [0, 0.05) is 18.8 Å². The molecule has 3 rings (SSSR count). The molecule has 2 aromatic rings. The highest BCUT2D eigenvalue weighted by Crippen LogP contribution is 2.23. The van der Waals surface area contributed by atoms with Crippen molar-refractivity contribution < 1.29 is 17.9 Å². The minimum atomic E-state index is -3.59. The molecule has 1 saturated heterocycles. The first-order valence-electron chi connectivity index (χ1n) is 9.98. The molecule has 0 aromatic heterocycles. The summed E-state index contributed by atoms with van der Waals surface area (Å²) in [6.07, 6.45) is 3.00. The van der Waals surface area contributed by atoms with E-state index in [2.05, 4.69) is 5.32 Å². The smallest absolute Gasteiger partial charge is 0.265 e.